The zero-order chi connectivity index (χ0) is 15.6. The SMILES string of the molecule is CC(Nc1ccc(Cl)c(C(=O)N(C)C)c1)c1csc(Cl)c1. The van der Waals surface area contributed by atoms with Gasteiger partial charge in [-0.3, -0.25) is 4.79 Å². The van der Waals surface area contributed by atoms with E-state index < -0.39 is 0 Å². The Morgan fingerprint density at radius 3 is 2.57 bits per heavy atom. The summed E-state index contributed by atoms with van der Waals surface area (Å²) in [5.41, 5.74) is 2.45. The molecule has 0 saturated heterocycles. The van der Waals surface area contributed by atoms with E-state index in [4.69, 9.17) is 23.2 Å². The minimum atomic E-state index is -0.116. The average Bonchev–Trinajstić information content (AvgIpc) is 2.86. The highest BCUT2D eigenvalue weighted by Gasteiger charge is 2.14. The van der Waals surface area contributed by atoms with Crippen LogP contribution in [0.3, 0.4) is 0 Å². The van der Waals surface area contributed by atoms with Crippen LogP contribution in [-0.2, 0) is 0 Å². The monoisotopic (exact) mass is 342 g/mol. The predicted molar refractivity (Wildman–Crippen MR) is 90.8 cm³/mol. The summed E-state index contributed by atoms with van der Waals surface area (Å²) in [6.45, 7) is 2.04. The van der Waals surface area contributed by atoms with Gasteiger partial charge in [-0.1, -0.05) is 23.2 Å². The molecule has 1 N–H and O–H groups in total. The Labute approximate surface area is 138 Å². The molecule has 0 saturated carbocycles. The fourth-order valence-electron chi connectivity index (χ4n) is 1.90. The van der Waals surface area contributed by atoms with Crippen LogP contribution in [0.2, 0.25) is 9.36 Å². The number of halogens is 2. The highest BCUT2D eigenvalue weighted by Crippen LogP contribution is 2.28. The van der Waals surface area contributed by atoms with E-state index in [0.29, 0.717) is 10.6 Å². The Morgan fingerprint density at radius 2 is 2.00 bits per heavy atom. The lowest BCUT2D eigenvalue weighted by Gasteiger charge is -2.17. The summed E-state index contributed by atoms with van der Waals surface area (Å²) in [5, 5.41) is 5.82. The first-order chi connectivity index (χ1) is 9.88. The highest BCUT2D eigenvalue weighted by atomic mass is 35.5. The Balaban J connectivity index is 2.21. The van der Waals surface area contributed by atoms with Gasteiger partial charge in [-0.25, -0.2) is 0 Å². The van der Waals surface area contributed by atoms with Crippen molar-refractivity contribution in [3.63, 3.8) is 0 Å². The van der Waals surface area contributed by atoms with E-state index in [1.807, 2.05) is 24.4 Å². The van der Waals surface area contributed by atoms with Gasteiger partial charge in [0.2, 0.25) is 0 Å². The molecule has 2 aromatic rings. The van der Waals surface area contributed by atoms with Crippen LogP contribution in [0.5, 0.6) is 0 Å². The summed E-state index contributed by atoms with van der Waals surface area (Å²) in [5.74, 6) is -0.116. The molecule has 0 aliphatic carbocycles. The third-order valence-corrected chi connectivity index (χ3v) is 4.51. The van der Waals surface area contributed by atoms with Crippen LogP contribution >= 0.6 is 34.5 Å². The summed E-state index contributed by atoms with van der Waals surface area (Å²) < 4.78 is 0.762. The lowest BCUT2D eigenvalue weighted by atomic mass is 10.1. The molecule has 1 aromatic heterocycles. The molecular formula is C15H16Cl2N2OS. The molecule has 1 atom stereocenters. The van der Waals surface area contributed by atoms with Crippen molar-refractivity contribution in [3.8, 4) is 0 Å². The van der Waals surface area contributed by atoms with Gasteiger partial charge in [-0.2, -0.15) is 0 Å². The number of carbonyl (C=O) groups excluding carboxylic acids is 1. The van der Waals surface area contributed by atoms with E-state index >= 15 is 0 Å². The Kier molecular flexibility index (Phi) is 5.14. The van der Waals surface area contributed by atoms with Crippen molar-refractivity contribution in [2.75, 3.05) is 19.4 Å². The fourth-order valence-corrected chi connectivity index (χ4v) is 3.09. The molecule has 0 radical (unpaired) electrons. The number of hydrogen-bond donors (Lipinski definition) is 1. The standard InChI is InChI=1S/C15H16Cl2N2OS/c1-9(10-6-14(17)21-8-10)18-11-4-5-13(16)12(7-11)15(20)19(2)3/h4-9,18H,1-3H3. The van der Waals surface area contributed by atoms with Gasteiger partial charge < -0.3 is 10.2 Å². The number of nitrogens with zero attached hydrogens (tertiary/aromatic N) is 1. The second-order valence-corrected chi connectivity index (χ2v) is 6.89. The number of anilines is 1. The number of benzene rings is 1. The molecule has 1 unspecified atom stereocenters. The van der Waals surface area contributed by atoms with Crippen LogP contribution in [0.1, 0.15) is 28.9 Å². The number of hydrogen-bond acceptors (Lipinski definition) is 3. The molecule has 6 heteroatoms. The first kappa shape index (κ1) is 16.1. The topological polar surface area (TPSA) is 32.3 Å². The van der Waals surface area contributed by atoms with Crippen LogP contribution in [0.25, 0.3) is 0 Å². The van der Waals surface area contributed by atoms with Crippen molar-refractivity contribution in [2.45, 2.75) is 13.0 Å². The summed E-state index contributed by atoms with van der Waals surface area (Å²) in [6, 6.07) is 7.39. The lowest BCUT2D eigenvalue weighted by molar-refractivity contribution is 0.0828. The largest absolute Gasteiger partial charge is 0.378 e. The van der Waals surface area contributed by atoms with Gasteiger partial charge in [0, 0.05) is 25.8 Å². The van der Waals surface area contributed by atoms with E-state index in [0.717, 1.165) is 15.6 Å². The molecule has 1 amide bonds. The molecule has 0 bridgehead atoms. The number of rotatable bonds is 4. The maximum absolute atomic E-state index is 12.1. The second kappa shape index (κ2) is 6.69. The minimum Gasteiger partial charge on any atom is -0.378 e. The van der Waals surface area contributed by atoms with Gasteiger partial charge in [-0.15, -0.1) is 11.3 Å². The van der Waals surface area contributed by atoms with Crippen molar-refractivity contribution in [2.24, 2.45) is 0 Å². The maximum Gasteiger partial charge on any atom is 0.254 e. The summed E-state index contributed by atoms with van der Waals surface area (Å²) in [6.07, 6.45) is 0. The molecule has 2 rings (SSSR count). The van der Waals surface area contributed by atoms with Gasteiger partial charge >= 0.3 is 0 Å². The fraction of sp³-hybridized carbons (Fsp3) is 0.267. The molecule has 21 heavy (non-hydrogen) atoms. The first-order valence-corrected chi connectivity index (χ1v) is 8.03. The molecule has 0 aliphatic heterocycles. The average molecular weight is 343 g/mol. The Bertz CT molecular complexity index is 655. The maximum atomic E-state index is 12.1. The molecule has 1 heterocycles. The highest BCUT2D eigenvalue weighted by molar-refractivity contribution is 7.14. The molecule has 0 fully saturated rings. The molecule has 0 spiro atoms. The van der Waals surface area contributed by atoms with E-state index in [2.05, 4.69) is 5.32 Å². The molecule has 112 valence electrons. The van der Waals surface area contributed by atoms with Crippen LogP contribution < -0.4 is 5.32 Å². The molecule has 3 nitrogen and oxygen atoms in total. The number of nitrogens with one attached hydrogen (secondary N) is 1. The number of thiophene rings is 1. The van der Waals surface area contributed by atoms with Crippen LogP contribution in [0.15, 0.2) is 29.6 Å². The van der Waals surface area contributed by atoms with Gasteiger partial charge in [0.1, 0.15) is 0 Å². The van der Waals surface area contributed by atoms with Gasteiger partial charge in [-0.05, 0) is 42.1 Å². The smallest absolute Gasteiger partial charge is 0.254 e. The van der Waals surface area contributed by atoms with Crippen molar-refractivity contribution in [1.29, 1.82) is 0 Å². The summed E-state index contributed by atoms with van der Waals surface area (Å²) in [7, 11) is 3.41. The van der Waals surface area contributed by atoms with Crippen LogP contribution in [0, 0.1) is 0 Å². The molecule has 0 aliphatic rings. The quantitative estimate of drug-likeness (QED) is 0.854. The summed E-state index contributed by atoms with van der Waals surface area (Å²) >= 11 is 13.6. The van der Waals surface area contributed by atoms with Gasteiger partial charge in [0.15, 0.2) is 0 Å². The third-order valence-electron chi connectivity index (χ3n) is 3.07. The van der Waals surface area contributed by atoms with Crippen molar-refractivity contribution < 1.29 is 4.79 Å². The Hall–Kier alpha value is -1.23. The van der Waals surface area contributed by atoms with Crippen molar-refractivity contribution in [1.82, 2.24) is 4.90 Å². The van der Waals surface area contributed by atoms with Crippen LogP contribution in [-0.4, -0.2) is 24.9 Å². The molecule has 1 aromatic carbocycles. The van der Waals surface area contributed by atoms with Gasteiger partial charge in [0.05, 0.1) is 14.9 Å². The second-order valence-electron chi connectivity index (χ2n) is 4.94. The predicted octanol–water partition coefficient (Wildman–Crippen LogP) is 4.93. The van der Waals surface area contributed by atoms with Crippen LogP contribution in [0.4, 0.5) is 5.69 Å². The van der Waals surface area contributed by atoms with E-state index in [-0.39, 0.29) is 11.9 Å². The third kappa shape index (κ3) is 3.90. The zero-order valence-electron chi connectivity index (χ0n) is 12.0. The lowest BCUT2D eigenvalue weighted by Crippen LogP contribution is -2.22. The van der Waals surface area contributed by atoms with E-state index in [9.17, 15) is 4.79 Å². The van der Waals surface area contributed by atoms with Crippen molar-refractivity contribution >= 4 is 46.1 Å². The number of carbonyl (C=O) groups is 1. The van der Waals surface area contributed by atoms with Gasteiger partial charge in [0.25, 0.3) is 5.91 Å². The number of amides is 1. The normalized spacial score (nSPS) is 12.0. The Morgan fingerprint density at radius 1 is 1.29 bits per heavy atom. The van der Waals surface area contributed by atoms with Crippen molar-refractivity contribution in [3.05, 3.63) is 50.1 Å². The zero-order valence-corrected chi connectivity index (χ0v) is 14.3. The molecular weight excluding hydrogens is 327 g/mol. The summed E-state index contributed by atoms with van der Waals surface area (Å²) in [4.78, 5) is 13.6. The van der Waals surface area contributed by atoms with E-state index in [1.54, 1.807) is 26.2 Å². The minimum absolute atomic E-state index is 0.0947. The van der Waals surface area contributed by atoms with E-state index in [1.165, 1.54) is 16.2 Å². The first-order valence-electron chi connectivity index (χ1n) is 6.40.